The van der Waals surface area contributed by atoms with Gasteiger partial charge >= 0.3 is 0 Å². The third-order valence-corrected chi connectivity index (χ3v) is 5.72. The molecule has 0 unspecified atom stereocenters. The molecule has 2 aliphatic rings. The zero-order chi connectivity index (χ0) is 15.2. The van der Waals surface area contributed by atoms with Gasteiger partial charge in [0.2, 0.25) is 0 Å². The Morgan fingerprint density at radius 3 is 2.41 bits per heavy atom. The van der Waals surface area contributed by atoms with Gasteiger partial charge in [0.25, 0.3) is 0 Å². The lowest BCUT2D eigenvalue weighted by molar-refractivity contribution is 0.0542. The standard InChI is InChI=1S/C20H32N2/c1-18-8-5-6-12-20(18)22-16-14-21(15-17-22)13-7-11-19-9-3-2-4-10-19/h2-4,9-10,18,20H,5-8,11-17H2,1H3/t18-,20+/m0/s1. The van der Waals surface area contributed by atoms with Crippen molar-refractivity contribution in [3.8, 4) is 0 Å². The molecule has 1 aromatic carbocycles. The quantitative estimate of drug-likeness (QED) is 0.816. The van der Waals surface area contributed by atoms with Gasteiger partial charge in [-0.1, -0.05) is 50.1 Å². The van der Waals surface area contributed by atoms with E-state index in [1.807, 2.05) is 0 Å². The Bertz CT molecular complexity index is 423. The Hall–Kier alpha value is -0.860. The van der Waals surface area contributed by atoms with Crippen molar-refractivity contribution in [1.29, 1.82) is 0 Å². The number of rotatable bonds is 5. The van der Waals surface area contributed by atoms with E-state index in [0.29, 0.717) is 0 Å². The summed E-state index contributed by atoms with van der Waals surface area (Å²) >= 11 is 0. The van der Waals surface area contributed by atoms with Crippen molar-refractivity contribution in [3.05, 3.63) is 35.9 Å². The molecule has 22 heavy (non-hydrogen) atoms. The summed E-state index contributed by atoms with van der Waals surface area (Å²) in [4.78, 5) is 5.46. The fourth-order valence-corrected chi connectivity index (χ4v) is 4.31. The topological polar surface area (TPSA) is 6.48 Å². The minimum Gasteiger partial charge on any atom is -0.301 e. The lowest BCUT2D eigenvalue weighted by Crippen LogP contribution is -2.52. The summed E-state index contributed by atoms with van der Waals surface area (Å²) in [5, 5.41) is 0. The van der Waals surface area contributed by atoms with E-state index in [2.05, 4.69) is 47.1 Å². The Morgan fingerprint density at radius 1 is 0.955 bits per heavy atom. The minimum atomic E-state index is 0.875. The van der Waals surface area contributed by atoms with E-state index in [0.717, 1.165) is 12.0 Å². The Morgan fingerprint density at radius 2 is 1.68 bits per heavy atom. The highest BCUT2D eigenvalue weighted by Gasteiger charge is 2.29. The van der Waals surface area contributed by atoms with Crippen molar-refractivity contribution in [2.45, 2.75) is 51.5 Å². The highest BCUT2D eigenvalue weighted by molar-refractivity contribution is 5.14. The first-order valence-electron chi connectivity index (χ1n) is 9.33. The average molecular weight is 300 g/mol. The summed E-state index contributed by atoms with van der Waals surface area (Å²) in [5.74, 6) is 0.915. The highest BCUT2D eigenvalue weighted by Crippen LogP contribution is 2.28. The van der Waals surface area contributed by atoms with Crippen LogP contribution in [0.5, 0.6) is 0 Å². The van der Waals surface area contributed by atoms with Crippen LogP contribution < -0.4 is 0 Å². The van der Waals surface area contributed by atoms with E-state index in [-0.39, 0.29) is 0 Å². The van der Waals surface area contributed by atoms with Crippen molar-refractivity contribution >= 4 is 0 Å². The third kappa shape index (κ3) is 4.33. The summed E-state index contributed by atoms with van der Waals surface area (Å²) in [5.41, 5.74) is 1.48. The van der Waals surface area contributed by atoms with Crippen LogP contribution >= 0.6 is 0 Å². The lowest BCUT2D eigenvalue weighted by Gasteiger charge is -2.43. The Kier molecular flexibility index (Phi) is 5.91. The van der Waals surface area contributed by atoms with Crippen molar-refractivity contribution in [2.75, 3.05) is 32.7 Å². The van der Waals surface area contributed by atoms with Crippen LogP contribution in [0.3, 0.4) is 0 Å². The summed E-state index contributed by atoms with van der Waals surface area (Å²) < 4.78 is 0. The van der Waals surface area contributed by atoms with Gasteiger partial charge in [0.05, 0.1) is 0 Å². The van der Waals surface area contributed by atoms with Gasteiger partial charge in [0.1, 0.15) is 0 Å². The number of benzene rings is 1. The molecule has 122 valence electrons. The number of nitrogens with zero attached hydrogens (tertiary/aromatic N) is 2. The van der Waals surface area contributed by atoms with Gasteiger partial charge in [-0.3, -0.25) is 4.90 Å². The van der Waals surface area contributed by atoms with E-state index in [9.17, 15) is 0 Å². The van der Waals surface area contributed by atoms with Gasteiger partial charge in [-0.15, -0.1) is 0 Å². The van der Waals surface area contributed by atoms with Gasteiger partial charge in [0.15, 0.2) is 0 Å². The van der Waals surface area contributed by atoms with E-state index >= 15 is 0 Å². The van der Waals surface area contributed by atoms with Crippen molar-refractivity contribution < 1.29 is 0 Å². The van der Waals surface area contributed by atoms with Crippen LogP contribution in [0.4, 0.5) is 0 Å². The van der Waals surface area contributed by atoms with Crippen LogP contribution in [0.15, 0.2) is 30.3 Å². The molecule has 0 N–H and O–H groups in total. The van der Waals surface area contributed by atoms with Crippen LogP contribution in [0.1, 0.15) is 44.6 Å². The second kappa shape index (κ2) is 8.12. The predicted octanol–water partition coefficient (Wildman–Crippen LogP) is 3.82. The first-order valence-corrected chi connectivity index (χ1v) is 9.33. The molecule has 3 rings (SSSR count). The molecule has 2 atom stereocenters. The SMILES string of the molecule is C[C@H]1CCCC[C@H]1N1CCN(CCCc2ccccc2)CC1. The molecule has 1 saturated heterocycles. The first-order chi connectivity index (χ1) is 10.8. The zero-order valence-electron chi connectivity index (χ0n) is 14.2. The third-order valence-electron chi connectivity index (χ3n) is 5.72. The molecule has 2 fully saturated rings. The number of piperazine rings is 1. The van der Waals surface area contributed by atoms with Gasteiger partial charge < -0.3 is 4.90 Å². The molecule has 0 amide bonds. The fraction of sp³-hybridized carbons (Fsp3) is 0.700. The smallest absolute Gasteiger partial charge is 0.0122 e. The number of hydrogen-bond donors (Lipinski definition) is 0. The predicted molar refractivity (Wildman–Crippen MR) is 94.2 cm³/mol. The molecule has 1 aliphatic carbocycles. The molecule has 0 aromatic heterocycles. The molecule has 2 heteroatoms. The summed E-state index contributed by atoms with van der Waals surface area (Å²) in [7, 11) is 0. The van der Waals surface area contributed by atoms with E-state index in [1.165, 1.54) is 76.8 Å². The monoisotopic (exact) mass is 300 g/mol. The lowest BCUT2D eigenvalue weighted by atomic mass is 9.84. The fourth-order valence-electron chi connectivity index (χ4n) is 4.31. The van der Waals surface area contributed by atoms with E-state index in [1.54, 1.807) is 0 Å². The molecule has 0 bridgehead atoms. The van der Waals surface area contributed by atoms with Gasteiger partial charge in [-0.25, -0.2) is 0 Å². The van der Waals surface area contributed by atoms with Crippen molar-refractivity contribution in [2.24, 2.45) is 5.92 Å². The first kappa shape index (κ1) is 16.0. The van der Waals surface area contributed by atoms with Crippen LogP contribution in [-0.4, -0.2) is 48.6 Å². The molecular weight excluding hydrogens is 268 g/mol. The minimum absolute atomic E-state index is 0.875. The van der Waals surface area contributed by atoms with Crippen molar-refractivity contribution in [1.82, 2.24) is 9.80 Å². The Labute approximate surface area is 136 Å². The molecule has 0 radical (unpaired) electrons. The van der Waals surface area contributed by atoms with Gasteiger partial charge in [-0.05, 0) is 43.7 Å². The molecule has 1 aliphatic heterocycles. The zero-order valence-corrected chi connectivity index (χ0v) is 14.2. The van der Waals surface area contributed by atoms with E-state index < -0.39 is 0 Å². The van der Waals surface area contributed by atoms with Crippen LogP contribution in [0.25, 0.3) is 0 Å². The molecule has 1 saturated carbocycles. The average Bonchev–Trinajstić information content (AvgIpc) is 2.57. The highest BCUT2D eigenvalue weighted by atomic mass is 15.3. The van der Waals surface area contributed by atoms with E-state index in [4.69, 9.17) is 0 Å². The van der Waals surface area contributed by atoms with Crippen LogP contribution in [0.2, 0.25) is 0 Å². The summed E-state index contributed by atoms with van der Waals surface area (Å²) in [6.45, 7) is 8.87. The largest absolute Gasteiger partial charge is 0.301 e. The molecule has 2 nitrogen and oxygen atoms in total. The maximum atomic E-state index is 2.79. The molecule has 0 spiro atoms. The van der Waals surface area contributed by atoms with Crippen LogP contribution in [-0.2, 0) is 6.42 Å². The summed E-state index contributed by atoms with van der Waals surface area (Å²) in [6.07, 6.45) is 8.31. The second-order valence-corrected chi connectivity index (χ2v) is 7.30. The number of hydrogen-bond acceptors (Lipinski definition) is 2. The normalized spacial score (nSPS) is 27.9. The summed E-state index contributed by atoms with van der Waals surface area (Å²) in [6, 6.07) is 11.8. The molecule has 1 heterocycles. The number of aryl methyl sites for hydroxylation is 1. The Balaban J connectivity index is 1.36. The van der Waals surface area contributed by atoms with Crippen molar-refractivity contribution in [3.63, 3.8) is 0 Å². The molecule has 1 aromatic rings. The molecular formula is C20H32N2. The van der Waals surface area contributed by atoms with Gasteiger partial charge in [0, 0.05) is 32.2 Å². The maximum absolute atomic E-state index is 2.79. The second-order valence-electron chi connectivity index (χ2n) is 7.30. The maximum Gasteiger partial charge on any atom is 0.0122 e. The van der Waals surface area contributed by atoms with Crippen LogP contribution in [0, 0.1) is 5.92 Å². The van der Waals surface area contributed by atoms with Gasteiger partial charge in [-0.2, -0.15) is 0 Å².